The molecule has 21 heteroatoms. The third-order valence-corrected chi connectivity index (χ3v) is 14.1. The Bertz CT molecular complexity index is 2900. The van der Waals surface area contributed by atoms with Crippen molar-refractivity contribution in [1.29, 1.82) is 0 Å². The first-order valence-electron chi connectivity index (χ1n) is 24.6. The highest BCUT2D eigenvalue weighted by Gasteiger charge is 2.28. The molecule has 1 saturated carbocycles. The van der Waals surface area contributed by atoms with Crippen LogP contribution in [0.15, 0.2) is 73.3 Å². The number of piperidine rings is 1. The molecule has 17 nitrogen and oxygen atoms in total. The van der Waals surface area contributed by atoms with Crippen molar-refractivity contribution in [2.24, 2.45) is 0 Å². The van der Waals surface area contributed by atoms with Crippen LogP contribution in [-0.2, 0) is 9.53 Å². The van der Waals surface area contributed by atoms with Crippen molar-refractivity contribution < 1.29 is 42.1 Å². The number of benzene rings is 4. The normalized spacial score (nSPS) is 18.5. The van der Waals surface area contributed by atoms with Crippen LogP contribution in [0.2, 0.25) is 10.0 Å². The van der Waals surface area contributed by atoms with Crippen molar-refractivity contribution in [3.63, 3.8) is 0 Å². The minimum absolute atomic E-state index is 0.0140. The summed E-state index contributed by atoms with van der Waals surface area (Å²) in [4.78, 5) is 48.0. The van der Waals surface area contributed by atoms with E-state index >= 15 is 0 Å². The van der Waals surface area contributed by atoms with Gasteiger partial charge in [-0.25, -0.2) is 33.5 Å². The SMILES string of the molecule is COc1cc2ncnc(Nc3ccc(F)c(Cl)c3)c2cc1OC1CCN(CCN2CCCC2=O)CC1.COc1cc2ncnc(Nc3ccc(F)c(Cl)c3)c2cc1O[C@H]1CC[C@@H](NC(=O)N2CCOCC2)CC1. The molecule has 4 aliphatic rings. The van der Waals surface area contributed by atoms with Crippen LogP contribution in [0.25, 0.3) is 21.8 Å². The Labute approximate surface area is 431 Å². The molecule has 3 amide bonds. The molecule has 0 radical (unpaired) electrons. The van der Waals surface area contributed by atoms with Crippen LogP contribution < -0.4 is 34.9 Å². The van der Waals surface area contributed by atoms with E-state index in [0.29, 0.717) is 89.8 Å². The Morgan fingerprint density at radius 1 is 0.671 bits per heavy atom. The van der Waals surface area contributed by atoms with Crippen LogP contribution in [0.4, 0.5) is 36.6 Å². The lowest BCUT2D eigenvalue weighted by Crippen LogP contribution is -2.50. The molecule has 3 N–H and O–H groups in total. The number of likely N-dealkylation sites (tertiary alicyclic amines) is 2. The van der Waals surface area contributed by atoms with Gasteiger partial charge in [0.15, 0.2) is 23.0 Å². The van der Waals surface area contributed by atoms with Crippen molar-refractivity contribution in [2.75, 3.05) is 83.9 Å². The number of ether oxygens (including phenoxy) is 5. The van der Waals surface area contributed by atoms with Gasteiger partial charge in [0, 0.05) is 92.6 Å². The zero-order valence-corrected chi connectivity index (χ0v) is 42.2. The Hall–Kier alpha value is -6.54. The van der Waals surface area contributed by atoms with Crippen molar-refractivity contribution in [2.45, 2.75) is 69.6 Å². The van der Waals surface area contributed by atoms with Crippen molar-refractivity contribution in [3.8, 4) is 23.0 Å². The van der Waals surface area contributed by atoms with Gasteiger partial charge in [-0.15, -0.1) is 0 Å². The fourth-order valence-electron chi connectivity index (χ4n) is 9.42. The van der Waals surface area contributed by atoms with E-state index < -0.39 is 11.6 Å². The van der Waals surface area contributed by atoms with Crippen LogP contribution in [0.5, 0.6) is 23.0 Å². The molecule has 3 aliphatic heterocycles. The van der Waals surface area contributed by atoms with E-state index in [1.165, 1.54) is 36.9 Å². The Kier molecular flexibility index (Phi) is 16.9. The first-order chi connectivity index (χ1) is 35.5. The van der Waals surface area contributed by atoms with E-state index in [2.05, 4.69) is 40.8 Å². The minimum Gasteiger partial charge on any atom is -0.493 e. The molecule has 2 aromatic heterocycles. The lowest BCUT2D eigenvalue weighted by atomic mass is 9.93. The van der Waals surface area contributed by atoms with E-state index in [0.717, 1.165) is 88.4 Å². The number of nitrogens with zero attached hydrogens (tertiary/aromatic N) is 7. The standard InChI is InChI=1S/C26H29ClFN5O4.C26H29ClFN5O3/c1-35-23-14-22-19(25(30-15-29-22)31-17-4-7-21(28)20(27)12-17)13-24(23)37-18-5-2-16(3-6-18)32-26(34)33-8-10-36-11-9-33;1-35-23-15-22-19(26(30-16-29-22)31-17-4-5-21(28)20(27)13-17)14-24(23)36-18-6-9-32(10-7-18)11-12-33-8-2-3-25(33)34/h4,7,12-16,18H,2-3,5-6,8-11H2,1H3,(H,32,34)(H,29,30,31);4-5,13-16,18H,2-3,6-12H2,1H3,(H,29,30,31)/t16-,18+;. The molecule has 0 atom stereocenters. The van der Waals surface area contributed by atoms with Crippen molar-refractivity contribution in [1.82, 2.24) is 40.0 Å². The number of hydrogen-bond acceptors (Lipinski definition) is 14. The molecule has 5 heterocycles. The van der Waals surface area contributed by atoms with E-state index in [-0.39, 0.29) is 40.2 Å². The number of halogens is 4. The van der Waals surface area contributed by atoms with Crippen LogP contribution in [0.1, 0.15) is 51.4 Å². The number of morpholine rings is 1. The fourth-order valence-corrected chi connectivity index (χ4v) is 9.78. The number of rotatable bonds is 14. The number of amides is 3. The second kappa shape index (κ2) is 24.0. The van der Waals surface area contributed by atoms with Gasteiger partial charge in [0.1, 0.15) is 42.0 Å². The van der Waals surface area contributed by atoms with Crippen LogP contribution in [-0.4, -0.2) is 138 Å². The summed E-state index contributed by atoms with van der Waals surface area (Å²) in [6.45, 7) is 6.85. The van der Waals surface area contributed by atoms with Gasteiger partial charge < -0.3 is 54.3 Å². The number of carbonyl (C=O) groups is 2. The number of hydrogen-bond donors (Lipinski definition) is 3. The van der Waals surface area contributed by atoms with Gasteiger partial charge >= 0.3 is 6.03 Å². The molecule has 0 spiro atoms. The van der Waals surface area contributed by atoms with E-state index in [1.807, 2.05) is 29.2 Å². The average molecular weight is 1040 g/mol. The smallest absolute Gasteiger partial charge is 0.317 e. The second-order valence-electron chi connectivity index (χ2n) is 18.3. The summed E-state index contributed by atoms with van der Waals surface area (Å²) in [5.74, 6) is 2.79. The largest absolute Gasteiger partial charge is 0.493 e. The lowest BCUT2D eigenvalue weighted by molar-refractivity contribution is -0.127. The highest BCUT2D eigenvalue weighted by Crippen LogP contribution is 2.39. The summed E-state index contributed by atoms with van der Waals surface area (Å²) >= 11 is 11.9. The summed E-state index contributed by atoms with van der Waals surface area (Å²) in [5, 5.41) is 11.1. The highest BCUT2D eigenvalue weighted by molar-refractivity contribution is 6.31. The number of carbonyl (C=O) groups excluding carboxylic acids is 2. The number of methoxy groups -OCH3 is 2. The van der Waals surface area contributed by atoms with Crippen LogP contribution in [0.3, 0.4) is 0 Å². The maximum Gasteiger partial charge on any atom is 0.317 e. The number of anilines is 4. The van der Waals surface area contributed by atoms with Gasteiger partial charge in [-0.05, 0) is 93.5 Å². The second-order valence-corrected chi connectivity index (χ2v) is 19.1. The predicted octanol–water partition coefficient (Wildman–Crippen LogP) is 9.55. The number of fused-ring (bicyclic) bond motifs is 2. The highest BCUT2D eigenvalue weighted by atomic mass is 35.5. The third-order valence-electron chi connectivity index (χ3n) is 13.5. The van der Waals surface area contributed by atoms with Gasteiger partial charge in [-0.3, -0.25) is 4.79 Å². The molecule has 10 rings (SSSR count). The zero-order chi connectivity index (χ0) is 50.8. The van der Waals surface area contributed by atoms with E-state index in [9.17, 15) is 18.4 Å². The molecule has 73 heavy (non-hydrogen) atoms. The number of nitrogens with one attached hydrogen (secondary N) is 3. The number of aromatic nitrogens is 4. The summed E-state index contributed by atoms with van der Waals surface area (Å²) in [6.07, 6.45) is 9.65. The quantitative estimate of drug-likeness (QED) is 0.0940. The molecule has 0 bridgehead atoms. The summed E-state index contributed by atoms with van der Waals surface area (Å²) < 4.78 is 56.4. The van der Waals surface area contributed by atoms with E-state index in [1.54, 1.807) is 31.3 Å². The molecule has 3 saturated heterocycles. The van der Waals surface area contributed by atoms with Crippen molar-refractivity contribution in [3.05, 3.63) is 95.0 Å². The zero-order valence-electron chi connectivity index (χ0n) is 40.7. The van der Waals surface area contributed by atoms with Crippen LogP contribution >= 0.6 is 23.2 Å². The molecule has 4 fully saturated rings. The molecular weight excluding hydrogens is 986 g/mol. The monoisotopic (exact) mass is 1040 g/mol. The van der Waals surface area contributed by atoms with Gasteiger partial charge in [0.2, 0.25) is 5.91 Å². The van der Waals surface area contributed by atoms with Gasteiger partial charge in [0.05, 0.1) is 54.6 Å². The first kappa shape index (κ1) is 51.4. The Morgan fingerprint density at radius 3 is 1.70 bits per heavy atom. The summed E-state index contributed by atoms with van der Waals surface area (Å²) in [7, 11) is 3.20. The molecule has 6 aromatic rings. The van der Waals surface area contributed by atoms with Crippen molar-refractivity contribution >= 4 is 80.0 Å². The Morgan fingerprint density at radius 2 is 1.21 bits per heavy atom. The average Bonchev–Trinajstić information content (AvgIpc) is 3.83. The molecule has 0 unspecified atom stereocenters. The van der Waals surface area contributed by atoms with Crippen LogP contribution in [0, 0.1) is 11.6 Å². The fraction of sp³-hybridized carbons (Fsp3) is 0.423. The molecule has 386 valence electrons. The molecule has 4 aromatic carbocycles. The maximum atomic E-state index is 13.6. The third kappa shape index (κ3) is 13.0. The van der Waals surface area contributed by atoms with Gasteiger partial charge in [-0.2, -0.15) is 0 Å². The topological polar surface area (TPSA) is 178 Å². The first-order valence-corrected chi connectivity index (χ1v) is 25.3. The maximum absolute atomic E-state index is 13.6. The van der Waals surface area contributed by atoms with Gasteiger partial charge in [0.25, 0.3) is 0 Å². The molecule has 1 aliphatic carbocycles. The minimum atomic E-state index is -0.490. The predicted molar refractivity (Wildman–Crippen MR) is 275 cm³/mol. The lowest BCUT2D eigenvalue weighted by Gasteiger charge is -2.33. The summed E-state index contributed by atoms with van der Waals surface area (Å²) in [5.41, 5.74) is 2.57. The molecular formula is C52H58Cl2F2N10O7. The Balaban J connectivity index is 0.000000180. The number of urea groups is 1. The van der Waals surface area contributed by atoms with E-state index in [4.69, 9.17) is 46.9 Å². The van der Waals surface area contributed by atoms with Gasteiger partial charge in [-0.1, -0.05) is 23.2 Å². The summed E-state index contributed by atoms with van der Waals surface area (Å²) in [6, 6.07) is 16.3.